The number of esters is 3. The van der Waals surface area contributed by atoms with Crippen LogP contribution in [-0.2, 0) is 55.8 Å². The zero-order valence-corrected chi connectivity index (χ0v) is 72.0. The average Bonchev–Trinajstić information content (AvgIpc) is 0.915. The second-order valence-corrected chi connectivity index (χ2v) is 31.1. The van der Waals surface area contributed by atoms with Crippen LogP contribution in [-0.4, -0.2) is 95.9 Å². The van der Waals surface area contributed by atoms with Gasteiger partial charge in [-0.15, -0.1) is 0 Å². The van der Waals surface area contributed by atoms with Crippen LogP contribution in [0, 0.1) is 0 Å². The standard InChI is InChI=1S/C95H154O16P2/c1-4-7-10-13-16-19-22-25-28-31-34-37-40-42-44-46-49-51-54-57-60-63-66-69-72-75-78-81-93(98)105-84-90(96)85-107-112(101,102)108-86-91(97)87-109-113(103,104)110-89-92(111-95(100)83-80-77-74-71-68-65-62-59-56-53-48-39-36-33-30-27-24-21-18-15-12-9-6-3)88-106-94(99)82-79-76-73-70-67-64-61-58-55-52-50-47-45-43-41-38-35-32-29-26-23-20-17-14-11-8-5-2/h7-12,16-21,25-30,34-39,42-45,49,51,53,56,62,65,90-92,96-97H,4-6,13-15,22-24,31-33,40-41,46-48,50,52,54-55,57-61,63-64,66-89H2,1-3H3,(H,101,102)(H,103,104)/b10-7-,11-8-,12-9-,19-16-,20-17-,21-18-,28-25-,29-26-,30-27-,37-34-,38-35-,39-36-,44-42-,45-43-,51-49-,56-53-,65-62-. The summed E-state index contributed by atoms with van der Waals surface area (Å²) in [6.07, 6.45) is 114. The highest BCUT2D eigenvalue weighted by molar-refractivity contribution is 7.47. The summed E-state index contributed by atoms with van der Waals surface area (Å²) >= 11 is 0. The number of hydrogen-bond donors (Lipinski definition) is 4. The smallest absolute Gasteiger partial charge is 0.463 e. The van der Waals surface area contributed by atoms with Crippen molar-refractivity contribution in [2.75, 3.05) is 39.6 Å². The van der Waals surface area contributed by atoms with Crippen LogP contribution >= 0.6 is 15.6 Å². The number of allylic oxidation sites excluding steroid dienone is 34. The maximum absolute atomic E-state index is 13.1. The maximum Gasteiger partial charge on any atom is 0.472 e. The van der Waals surface area contributed by atoms with Gasteiger partial charge in [-0.1, -0.05) is 337 Å². The molecule has 0 aromatic heterocycles. The predicted molar refractivity (Wildman–Crippen MR) is 472 cm³/mol. The number of ether oxygens (including phenoxy) is 3. The van der Waals surface area contributed by atoms with E-state index in [0.717, 1.165) is 199 Å². The molecular formula is C95H154O16P2. The molecule has 16 nitrogen and oxygen atoms in total. The summed E-state index contributed by atoms with van der Waals surface area (Å²) in [5.41, 5.74) is 0. The molecule has 0 aliphatic rings. The number of hydrogen-bond acceptors (Lipinski definition) is 14. The van der Waals surface area contributed by atoms with Crippen molar-refractivity contribution in [3.8, 4) is 0 Å². The van der Waals surface area contributed by atoms with Crippen LogP contribution in [0.3, 0.4) is 0 Å². The van der Waals surface area contributed by atoms with E-state index in [1.807, 2.05) is 0 Å². The number of phosphoric acid groups is 2. The number of rotatable bonds is 80. The van der Waals surface area contributed by atoms with Gasteiger partial charge in [0.1, 0.15) is 25.4 Å². The van der Waals surface area contributed by atoms with E-state index >= 15 is 0 Å². The Hall–Kier alpha value is -5.87. The van der Waals surface area contributed by atoms with Gasteiger partial charge in [0.15, 0.2) is 6.10 Å². The summed E-state index contributed by atoms with van der Waals surface area (Å²) in [4.78, 5) is 58.9. The lowest BCUT2D eigenvalue weighted by Gasteiger charge is -2.21. The molecule has 0 aromatic carbocycles. The van der Waals surface area contributed by atoms with Crippen molar-refractivity contribution in [3.63, 3.8) is 0 Å². The summed E-state index contributed by atoms with van der Waals surface area (Å²) in [5.74, 6) is -1.62. The monoisotopic (exact) mass is 1610 g/mol. The minimum atomic E-state index is -4.96. The summed E-state index contributed by atoms with van der Waals surface area (Å²) < 4.78 is 61.4. The first-order chi connectivity index (χ1) is 55.2. The molecule has 5 unspecified atom stereocenters. The predicted octanol–water partition coefficient (Wildman–Crippen LogP) is 26.4. The highest BCUT2D eigenvalue weighted by Gasteiger charge is 2.29. The van der Waals surface area contributed by atoms with Gasteiger partial charge in [-0.2, -0.15) is 0 Å². The minimum absolute atomic E-state index is 0.0659. The van der Waals surface area contributed by atoms with Gasteiger partial charge in [-0.3, -0.25) is 32.5 Å². The van der Waals surface area contributed by atoms with Gasteiger partial charge in [-0.25, -0.2) is 9.13 Å². The van der Waals surface area contributed by atoms with E-state index < -0.39 is 91.5 Å². The van der Waals surface area contributed by atoms with Crippen LogP contribution in [0.1, 0.15) is 316 Å². The topological polar surface area (TPSA) is 231 Å². The zero-order chi connectivity index (χ0) is 82.2. The lowest BCUT2D eigenvalue weighted by atomic mass is 10.0. The molecule has 0 saturated heterocycles. The molecule has 0 rings (SSSR count). The molecule has 0 heterocycles. The van der Waals surface area contributed by atoms with Gasteiger partial charge in [0.25, 0.3) is 0 Å². The Morgan fingerprint density at radius 2 is 0.442 bits per heavy atom. The molecule has 0 bridgehead atoms. The van der Waals surface area contributed by atoms with E-state index in [4.69, 9.17) is 32.3 Å². The molecule has 0 aliphatic carbocycles. The molecule has 113 heavy (non-hydrogen) atoms. The molecule has 0 fully saturated rings. The summed E-state index contributed by atoms with van der Waals surface area (Å²) in [6.45, 7) is 2.30. The number of phosphoric ester groups is 2. The Kier molecular flexibility index (Phi) is 81.1. The third-order valence-electron chi connectivity index (χ3n) is 17.5. The highest BCUT2D eigenvalue weighted by Crippen LogP contribution is 2.45. The fraction of sp³-hybridized carbons (Fsp3) is 0.611. The van der Waals surface area contributed by atoms with Crippen LogP contribution < -0.4 is 0 Å². The van der Waals surface area contributed by atoms with Crippen molar-refractivity contribution in [2.45, 2.75) is 334 Å². The molecule has 0 aliphatic heterocycles. The normalized spacial score (nSPS) is 14.9. The molecule has 0 aromatic rings. The van der Waals surface area contributed by atoms with Crippen molar-refractivity contribution in [1.29, 1.82) is 0 Å². The maximum atomic E-state index is 13.1. The van der Waals surface area contributed by atoms with E-state index in [1.165, 1.54) is 57.8 Å². The van der Waals surface area contributed by atoms with Crippen molar-refractivity contribution in [3.05, 3.63) is 207 Å². The Balaban J connectivity index is 4.73. The fourth-order valence-electron chi connectivity index (χ4n) is 11.0. The van der Waals surface area contributed by atoms with Gasteiger partial charge in [0.05, 0.1) is 26.4 Å². The fourth-order valence-corrected chi connectivity index (χ4v) is 12.6. The van der Waals surface area contributed by atoms with E-state index in [2.05, 4.69) is 227 Å². The van der Waals surface area contributed by atoms with Gasteiger partial charge in [-0.05, 0) is 167 Å². The lowest BCUT2D eigenvalue weighted by molar-refractivity contribution is -0.161. The molecule has 4 N–H and O–H groups in total. The van der Waals surface area contributed by atoms with Crippen LogP contribution in [0.15, 0.2) is 207 Å². The molecule has 0 spiro atoms. The number of carbonyl (C=O) groups excluding carboxylic acids is 3. The first-order valence-corrected chi connectivity index (χ1v) is 46.4. The Labute approximate surface area is 686 Å². The summed E-state index contributed by atoms with van der Waals surface area (Å²) in [6, 6.07) is 0. The second-order valence-electron chi connectivity index (χ2n) is 28.2. The van der Waals surface area contributed by atoms with Crippen LogP contribution in [0.4, 0.5) is 0 Å². The molecule has 0 radical (unpaired) electrons. The minimum Gasteiger partial charge on any atom is -0.463 e. The van der Waals surface area contributed by atoms with Gasteiger partial charge in [0, 0.05) is 19.3 Å². The highest BCUT2D eigenvalue weighted by atomic mass is 31.2. The molecule has 18 heteroatoms. The number of carbonyl (C=O) groups is 3. The summed E-state index contributed by atoms with van der Waals surface area (Å²) in [7, 11) is -9.83. The number of unbranched alkanes of at least 4 members (excludes halogenated alkanes) is 23. The zero-order valence-electron chi connectivity index (χ0n) is 70.2. The van der Waals surface area contributed by atoms with E-state index in [9.17, 15) is 43.5 Å². The Morgan fingerprint density at radius 3 is 0.699 bits per heavy atom. The first-order valence-electron chi connectivity index (χ1n) is 43.4. The third kappa shape index (κ3) is 86.8. The SMILES string of the molecule is CC/C=C\C/C=C\C/C=C\C/C=C\C/C=C\C/C=C\CCCCCCCCCCC(=O)OCC(O)COP(=O)(O)OCC(O)COP(=O)(O)OCC(COC(=O)CCCCCCCCCCCCC/C=C\C/C=C\C/C=C\C/C=C\C/C=C\CC)OC(=O)CCCCCC/C=C\C/C=C\C/C=C\C/C=C\C/C=C\C/C=C\CC. The van der Waals surface area contributed by atoms with Gasteiger partial charge < -0.3 is 34.2 Å². The molecule has 0 amide bonds. The van der Waals surface area contributed by atoms with Crippen LogP contribution in [0.5, 0.6) is 0 Å². The summed E-state index contributed by atoms with van der Waals surface area (Å²) in [5, 5.41) is 20.7. The van der Waals surface area contributed by atoms with Crippen molar-refractivity contribution >= 4 is 33.6 Å². The van der Waals surface area contributed by atoms with Crippen molar-refractivity contribution in [1.82, 2.24) is 0 Å². The van der Waals surface area contributed by atoms with E-state index in [0.29, 0.717) is 19.3 Å². The van der Waals surface area contributed by atoms with E-state index in [1.54, 1.807) is 0 Å². The van der Waals surface area contributed by atoms with Crippen molar-refractivity contribution in [2.24, 2.45) is 0 Å². The number of aliphatic hydroxyl groups is 2. The Bertz CT molecular complexity index is 2880. The Morgan fingerprint density at radius 1 is 0.248 bits per heavy atom. The van der Waals surface area contributed by atoms with Crippen molar-refractivity contribution < 1.29 is 75.8 Å². The largest absolute Gasteiger partial charge is 0.472 e. The molecule has 640 valence electrons. The van der Waals surface area contributed by atoms with Crippen LogP contribution in [0.25, 0.3) is 0 Å². The lowest BCUT2D eigenvalue weighted by Crippen LogP contribution is -2.30. The second kappa shape index (κ2) is 85.5. The van der Waals surface area contributed by atoms with Gasteiger partial charge >= 0.3 is 33.6 Å². The molecular weight excluding hydrogens is 1460 g/mol. The first kappa shape index (κ1) is 107. The van der Waals surface area contributed by atoms with Crippen LogP contribution in [0.2, 0.25) is 0 Å². The number of aliphatic hydroxyl groups excluding tert-OH is 2. The quantitative estimate of drug-likeness (QED) is 0.0146. The van der Waals surface area contributed by atoms with E-state index in [-0.39, 0.29) is 19.3 Å². The average molecular weight is 1610 g/mol. The third-order valence-corrected chi connectivity index (χ3v) is 19.4. The van der Waals surface area contributed by atoms with Gasteiger partial charge in [0.2, 0.25) is 0 Å². The molecule has 0 saturated carbocycles. The molecule has 5 atom stereocenters.